The van der Waals surface area contributed by atoms with Crippen LogP contribution in [0.5, 0.6) is 11.6 Å². The van der Waals surface area contributed by atoms with Gasteiger partial charge in [0.15, 0.2) is 11.5 Å². The van der Waals surface area contributed by atoms with Crippen molar-refractivity contribution in [2.45, 2.75) is 6.18 Å². The minimum Gasteiger partial charge on any atom is -0.464 e. The Morgan fingerprint density at radius 3 is 2.64 bits per heavy atom. The molecule has 0 aliphatic heterocycles. The summed E-state index contributed by atoms with van der Waals surface area (Å²) in [6, 6.07) is 10.5. The number of halogens is 3. The zero-order valence-corrected chi connectivity index (χ0v) is 16.8. The molecule has 0 unspecified atom stereocenters. The van der Waals surface area contributed by atoms with Crippen molar-refractivity contribution in [3.05, 3.63) is 71.9 Å². The van der Waals surface area contributed by atoms with Gasteiger partial charge in [-0.25, -0.2) is 19.7 Å². The Balaban J connectivity index is 1.50. The van der Waals surface area contributed by atoms with Gasteiger partial charge in [-0.3, -0.25) is 4.79 Å². The minimum atomic E-state index is -4.52. The molecule has 12 heteroatoms. The van der Waals surface area contributed by atoms with Crippen molar-refractivity contribution in [1.29, 1.82) is 0 Å². The number of hydrogen-bond acceptors (Lipinski definition) is 7. The maximum Gasteiger partial charge on any atom is 0.416 e. The molecule has 1 amide bonds. The molecule has 0 spiro atoms. The van der Waals surface area contributed by atoms with Crippen LogP contribution in [0.3, 0.4) is 0 Å². The van der Waals surface area contributed by atoms with Crippen molar-refractivity contribution in [3.8, 4) is 11.6 Å². The lowest BCUT2D eigenvalue weighted by molar-refractivity contribution is -0.137. The van der Waals surface area contributed by atoms with E-state index in [2.05, 4.69) is 30.0 Å². The van der Waals surface area contributed by atoms with Crippen LogP contribution < -0.4 is 10.1 Å². The largest absolute Gasteiger partial charge is 0.464 e. The molecule has 0 aliphatic carbocycles. The molecule has 0 bridgehead atoms. The van der Waals surface area contributed by atoms with E-state index in [0.717, 1.165) is 18.5 Å². The quantitative estimate of drug-likeness (QED) is 0.431. The van der Waals surface area contributed by atoms with Gasteiger partial charge in [-0.2, -0.15) is 13.2 Å². The maximum atomic E-state index is 12.9. The van der Waals surface area contributed by atoms with E-state index in [1.807, 2.05) is 0 Å². The second-order valence-corrected chi connectivity index (χ2v) is 6.63. The smallest absolute Gasteiger partial charge is 0.416 e. The van der Waals surface area contributed by atoms with E-state index in [-0.39, 0.29) is 28.4 Å². The number of nitrogens with zero attached hydrogens (tertiary/aromatic N) is 3. The van der Waals surface area contributed by atoms with Crippen LogP contribution in [0.25, 0.3) is 11.0 Å². The molecule has 0 saturated heterocycles. The highest BCUT2D eigenvalue weighted by molar-refractivity contribution is 6.03. The van der Waals surface area contributed by atoms with Gasteiger partial charge >= 0.3 is 12.1 Å². The standard InChI is InChI=1S/C21H14F3N5O4/c1-32-20(31)16-9-17(26-10-25-16)33-13-4-2-3-12(8-13)27-19(30)18-28-14-6-5-11(21(22,23)24)7-15(14)29-18/h2-10H,1H3,(H,27,30)(H,28,29). The highest BCUT2D eigenvalue weighted by atomic mass is 19.4. The molecule has 2 heterocycles. The molecular weight excluding hydrogens is 443 g/mol. The topological polar surface area (TPSA) is 119 Å². The fourth-order valence-corrected chi connectivity index (χ4v) is 2.85. The number of alkyl halides is 3. The number of nitrogens with one attached hydrogen (secondary N) is 2. The molecule has 2 aromatic carbocycles. The first-order chi connectivity index (χ1) is 15.7. The molecule has 168 valence electrons. The first-order valence-corrected chi connectivity index (χ1v) is 9.29. The minimum absolute atomic E-state index is 0.00511. The van der Waals surface area contributed by atoms with Crippen LogP contribution in [0.2, 0.25) is 0 Å². The Kier molecular flexibility index (Phi) is 5.65. The number of hydrogen-bond donors (Lipinski definition) is 2. The van der Waals surface area contributed by atoms with E-state index in [0.29, 0.717) is 11.4 Å². The van der Waals surface area contributed by atoms with E-state index < -0.39 is 23.6 Å². The monoisotopic (exact) mass is 457 g/mol. The molecule has 4 aromatic rings. The van der Waals surface area contributed by atoms with Crippen molar-refractivity contribution < 1.29 is 32.2 Å². The summed E-state index contributed by atoms with van der Waals surface area (Å²) in [5.74, 6) is -1.11. The van der Waals surface area contributed by atoms with Crippen molar-refractivity contribution in [3.63, 3.8) is 0 Å². The number of anilines is 1. The summed E-state index contributed by atoms with van der Waals surface area (Å²) in [6.45, 7) is 0. The lowest BCUT2D eigenvalue weighted by Gasteiger charge is -2.08. The van der Waals surface area contributed by atoms with E-state index in [4.69, 9.17) is 4.74 Å². The van der Waals surface area contributed by atoms with Gasteiger partial charge in [-0.15, -0.1) is 0 Å². The Morgan fingerprint density at radius 1 is 1.06 bits per heavy atom. The zero-order valence-electron chi connectivity index (χ0n) is 16.8. The van der Waals surface area contributed by atoms with Crippen LogP contribution in [0.4, 0.5) is 18.9 Å². The van der Waals surface area contributed by atoms with Gasteiger partial charge in [0, 0.05) is 17.8 Å². The normalized spacial score (nSPS) is 11.3. The third-order valence-corrected chi connectivity index (χ3v) is 4.38. The number of imidazole rings is 1. The highest BCUT2D eigenvalue weighted by Crippen LogP contribution is 2.31. The third kappa shape index (κ3) is 4.89. The van der Waals surface area contributed by atoms with E-state index in [1.54, 1.807) is 18.2 Å². The fourth-order valence-electron chi connectivity index (χ4n) is 2.85. The zero-order chi connectivity index (χ0) is 23.6. The molecular formula is C21H14F3N5O4. The van der Waals surface area contributed by atoms with Crippen molar-refractivity contribution in [2.75, 3.05) is 12.4 Å². The van der Waals surface area contributed by atoms with Crippen molar-refractivity contribution in [2.24, 2.45) is 0 Å². The second kappa shape index (κ2) is 8.57. The Hall–Kier alpha value is -4.48. The number of rotatable bonds is 5. The van der Waals surface area contributed by atoms with Crippen LogP contribution in [0, 0.1) is 0 Å². The predicted octanol–water partition coefficient (Wildman–Crippen LogP) is 4.20. The second-order valence-electron chi connectivity index (χ2n) is 6.63. The molecule has 2 N–H and O–H groups in total. The molecule has 0 fully saturated rings. The Bertz CT molecular complexity index is 1350. The summed E-state index contributed by atoms with van der Waals surface area (Å²) in [5, 5.41) is 2.59. The summed E-state index contributed by atoms with van der Waals surface area (Å²) in [6.07, 6.45) is -3.38. The van der Waals surface area contributed by atoms with Crippen molar-refractivity contribution in [1.82, 2.24) is 19.9 Å². The van der Waals surface area contributed by atoms with E-state index >= 15 is 0 Å². The number of amides is 1. The molecule has 33 heavy (non-hydrogen) atoms. The lowest BCUT2D eigenvalue weighted by atomic mass is 10.2. The van der Waals surface area contributed by atoms with Crippen LogP contribution in [0.1, 0.15) is 26.7 Å². The molecule has 0 aliphatic rings. The number of carbonyl (C=O) groups is 2. The van der Waals surface area contributed by atoms with Crippen LogP contribution in [-0.2, 0) is 10.9 Å². The first kappa shape index (κ1) is 21.7. The van der Waals surface area contributed by atoms with Crippen LogP contribution >= 0.6 is 0 Å². The van der Waals surface area contributed by atoms with E-state index in [9.17, 15) is 22.8 Å². The average molecular weight is 457 g/mol. The number of esters is 1. The summed E-state index contributed by atoms with van der Waals surface area (Å²) >= 11 is 0. The average Bonchev–Trinajstić information content (AvgIpc) is 3.22. The van der Waals surface area contributed by atoms with Crippen molar-refractivity contribution >= 4 is 28.6 Å². The first-order valence-electron chi connectivity index (χ1n) is 9.29. The number of H-pyrrole nitrogens is 1. The van der Waals surface area contributed by atoms with Gasteiger partial charge in [-0.05, 0) is 30.3 Å². The number of methoxy groups -OCH3 is 1. The summed E-state index contributed by atoms with van der Waals surface area (Å²) in [5.41, 5.74) is -0.229. The molecule has 0 saturated carbocycles. The van der Waals surface area contributed by atoms with Crippen LogP contribution in [-0.4, -0.2) is 38.9 Å². The van der Waals surface area contributed by atoms with Crippen LogP contribution in [0.15, 0.2) is 54.9 Å². The number of aromatic amines is 1. The van der Waals surface area contributed by atoms with Gasteiger partial charge in [0.05, 0.1) is 23.7 Å². The highest BCUT2D eigenvalue weighted by Gasteiger charge is 2.31. The predicted molar refractivity (Wildman–Crippen MR) is 109 cm³/mol. The summed E-state index contributed by atoms with van der Waals surface area (Å²) in [4.78, 5) is 38.5. The van der Waals surface area contributed by atoms with Gasteiger partial charge in [0.1, 0.15) is 12.1 Å². The maximum absolute atomic E-state index is 12.9. The fraction of sp³-hybridized carbons (Fsp3) is 0.0952. The Labute approximate surface area is 183 Å². The lowest BCUT2D eigenvalue weighted by Crippen LogP contribution is -2.13. The number of ether oxygens (including phenoxy) is 2. The van der Waals surface area contributed by atoms with Gasteiger partial charge in [0.2, 0.25) is 5.88 Å². The molecule has 4 rings (SSSR count). The number of benzene rings is 2. The Morgan fingerprint density at radius 2 is 1.88 bits per heavy atom. The summed E-state index contributed by atoms with van der Waals surface area (Å²) < 4.78 is 48.8. The number of fused-ring (bicyclic) bond motifs is 1. The SMILES string of the molecule is COC(=O)c1cc(Oc2cccc(NC(=O)c3nc4cc(C(F)(F)F)ccc4[nH]3)c2)ncn1. The van der Waals surface area contributed by atoms with E-state index in [1.165, 1.54) is 25.3 Å². The van der Waals surface area contributed by atoms with Gasteiger partial charge in [0.25, 0.3) is 5.91 Å². The van der Waals surface area contributed by atoms with Gasteiger partial charge in [-0.1, -0.05) is 6.07 Å². The number of carbonyl (C=O) groups excluding carboxylic acids is 2. The molecule has 0 atom stereocenters. The molecule has 2 aromatic heterocycles. The summed E-state index contributed by atoms with van der Waals surface area (Å²) in [7, 11) is 1.22. The third-order valence-electron chi connectivity index (χ3n) is 4.38. The molecule has 0 radical (unpaired) electrons. The van der Waals surface area contributed by atoms with Gasteiger partial charge < -0.3 is 19.8 Å². The molecule has 9 nitrogen and oxygen atoms in total. The number of aromatic nitrogens is 4.